The number of aliphatic hydroxyl groups excluding tert-OH is 1. The molecule has 0 spiro atoms. The number of para-hydroxylation sites is 1. The van der Waals surface area contributed by atoms with Gasteiger partial charge >= 0.3 is 18.0 Å². The SMILES string of the molecule is O=C(O)C(O)c1cccc([N+](=O)[O-])c1OC(F)(F)F. The summed E-state index contributed by atoms with van der Waals surface area (Å²) in [6.07, 6.45) is -7.64. The van der Waals surface area contributed by atoms with Crippen LogP contribution in [0.15, 0.2) is 18.2 Å². The standard InChI is InChI=1S/C9H6F3NO6/c10-9(11,12)19-7-4(6(14)8(15)16)2-1-3-5(7)13(17)18/h1-3,6,14H,(H,15,16). The first kappa shape index (κ1) is 14.7. The van der Waals surface area contributed by atoms with Crippen LogP contribution in [0.5, 0.6) is 5.75 Å². The van der Waals surface area contributed by atoms with Crippen LogP contribution in [0.2, 0.25) is 0 Å². The van der Waals surface area contributed by atoms with E-state index in [4.69, 9.17) is 5.11 Å². The fourth-order valence-corrected chi connectivity index (χ4v) is 1.26. The second kappa shape index (κ2) is 5.10. The zero-order chi connectivity index (χ0) is 14.8. The van der Waals surface area contributed by atoms with E-state index in [9.17, 15) is 33.2 Å². The molecule has 0 heterocycles. The number of ether oxygens (including phenoxy) is 1. The Morgan fingerprint density at radius 2 is 2.00 bits per heavy atom. The summed E-state index contributed by atoms with van der Waals surface area (Å²) in [5.41, 5.74) is -1.96. The predicted molar refractivity (Wildman–Crippen MR) is 52.4 cm³/mol. The van der Waals surface area contributed by atoms with E-state index in [1.54, 1.807) is 0 Å². The number of hydrogen-bond acceptors (Lipinski definition) is 5. The van der Waals surface area contributed by atoms with Crippen LogP contribution in [-0.2, 0) is 4.79 Å². The lowest BCUT2D eigenvalue weighted by Crippen LogP contribution is -2.21. The molecule has 10 heteroatoms. The van der Waals surface area contributed by atoms with Gasteiger partial charge in [-0.25, -0.2) is 4.79 Å². The van der Waals surface area contributed by atoms with Crippen LogP contribution in [-0.4, -0.2) is 27.5 Å². The fourth-order valence-electron chi connectivity index (χ4n) is 1.26. The summed E-state index contributed by atoms with van der Waals surface area (Å²) in [5.74, 6) is -3.22. The third-order valence-corrected chi connectivity index (χ3v) is 1.97. The predicted octanol–water partition coefficient (Wildman–Crippen LogP) is 1.61. The number of carbonyl (C=O) groups is 1. The first-order chi connectivity index (χ1) is 8.63. The molecule has 0 aliphatic heterocycles. The highest BCUT2D eigenvalue weighted by atomic mass is 19.4. The topological polar surface area (TPSA) is 110 Å². The molecule has 19 heavy (non-hydrogen) atoms. The summed E-state index contributed by atoms with van der Waals surface area (Å²) >= 11 is 0. The van der Waals surface area contributed by atoms with Crippen molar-refractivity contribution in [3.8, 4) is 5.75 Å². The maximum atomic E-state index is 12.2. The number of rotatable bonds is 4. The number of nitro groups is 1. The third-order valence-electron chi connectivity index (χ3n) is 1.97. The summed E-state index contributed by atoms with van der Waals surface area (Å²) in [6.45, 7) is 0. The number of carboxylic acid groups (broad SMARTS) is 1. The van der Waals surface area contributed by atoms with Crippen molar-refractivity contribution in [2.24, 2.45) is 0 Å². The van der Waals surface area contributed by atoms with E-state index in [0.29, 0.717) is 6.07 Å². The Bertz CT molecular complexity index is 515. The number of aliphatic carboxylic acids is 1. The highest BCUT2D eigenvalue weighted by Gasteiger charge is 2.37. The largest absolute Gasteiger partial charge is 0.573 e. The first-order valence-electron chi connectivity index (χ1n) is 4.57. The average Bonchev–Trinajstić information content (AvgIpc) is 2.25. The second-order valence-corrected chi connectivity index (χ2v) is 3.24. The Hall–Kier alpha value is -2.36. The van der Waals surface area contributed by atoms with Gasteiger partial charge in [0.15, 0.2) is 6.10 Å². The molecule has 2 N–H and O–H groups in total. The molecule has 1 aromatic carbocycles. The lowest BCUT2D eigenvalue weighted by Gasteiger charge is -2.14. The van der Waals surface area contributed by atoms with E-state index in [2.05, 4.69) is 4.74 Å². The van der Waals surface area contributed by atoms with E-state index < -0.39 is 40.4 Å². The summed E-state index contributed by atoms with van der Waals surface area (Å²) in [4.78, 5) is 19.9. The highest BCUT2D eigenvalue weighted by Crippen LogP contribution is 2.38. The van der Waals surface area contributed by atoms with Gasteiger partial charge in [-0.3, -0.25) is 10.1 Å². The van der Waals surface area contributed by atoms with E-state index in [-0.39, 0.29) is 0 Å². The van der Waals surface area contributed by atoms with Gasteiger partial charge in [-0.2, -0.15) is 0 Å². The Morgan fingerprint density at radius 3 is 2.42 bits per heavy atom. The summed E-state index contributed by atoms with van der Waals surface area (Å²) in [6, 6.07) is 2.41. The highest BCUT2D eigenvalue weighted by molar-refractivity contribution is 5.76. The molecule has 0 radical (unpaired) electrons. The molecular weight excluding hydrogens is 275 g/mol. The Morgan fingerprint density at radius 1 is 1.42 bits per heavy atom. The molecule has 0 amide bonds. The molecule has 104 valence electrons. The average molecular weight is 281 g/mol. The Balaban J connectivity index is 3.42. The monoisotopic (exact) mass is 281 g/mol. The van der Waals surface area contributed by atoms with E-state index in [0.717, 1.165) is 12.1 Å². The number of alkyl halides is 3. The molecule has 1 aromatic rings. The van der Waals surface area contributed by atoms with Gasteiger partial charge in [0, 0.05) is 11.6 Å². The third kappa shape index (κ3) is 3.55. The van der Waals surface area contributed by atoms with Crippen molar-refractivity contribution in [1.82, 2.24) is 0 Å². The zero-order valence-electron chi connectivity index (χ0n) is 8.92. The number of benzene rings is 1. The van der Waals surface area contributed by atoms with Crippen LogP contribution < -0.4 is 4.74 Å². The van der Waals surface area contributed by atoms with Gasteiger partial charge in [-0.1, -0.05) is 12.1 Å². The maximum Gasteiger partial charge on any atom is 0.573 e. The summed E-state index contributed by atoms with van der Waals surface area (Å²) < 4.78 is 39.9. The Kier molecular flexibility index (Phi) is 3.95. The van der Waals surface area contributed by atoms with Gasteiger partial charge in [0.25, 0.3) is 0 Å². The number of hydrogen-bond donors (Lipinski definition) is 2. The number of aliphatic hydroxyl groups is 1. The van der Waals surface area contributed by atoms with Gasteiger partial charge in [-0.05, 0) is 0 Å². The molecule has 0 aliphatic carbocycles. The number of halogens is 3. The van der Waals surface area contributed by atoms with E-state index in [1.165, 1.54) is 0 Å². The number of nitro benzene ring substituents is 1. The first-order valence-corrected chi connectivity index (χ1v) is 4.57. The van der Waals surface area contributed by atoms with Crippen molar-refractivity contribution >= 4 is 11.7 Å². The van der Waals surface area contributed by atoms with Crippen molar-refractivity contribution in [3.63, 3.8) is 0 Å². The van der Waals surface area contributed by atoms with Crippen LogP contribution in [0.3, 0.4) is 0 Å². The summed E-state index contributed by atoms with van der Waals surface area (Å²) in [7, 11) is 0. The molecular formula is C9H6F3NO6. The molecule has 1 unspecified atom stereocenters. The molecule has 0 saturated heterocycles. The van der Waals surface area contributed by atoms with Crippen molar-refractivity contribution in [2.75, 3.05) is 0 Å². The minimum atomic E-state index is -5.26. The minimum Gasteiger partial charge on any atom is -0.479 e. The number of nitrogens with zero attached hydrogens (tertiary/aromatic N) is 1. The quantitative estimate of drug-likeness (QED) is 0.640. The maximum absolute atomic E-state index is 12.2. The van der Waals surface area contributed by atoms with Gasteiger partial charge in [-0.15, -0.1) is 13.2 Å². The molecule has 0 aromatic heterocycles. The van der Waals surface area contributed by atoms with Crippen LogP contribution in [0.1, 0.15) is 11.7 Å². The van der Waals surface area contributed by atoms with Crippen LogP contribution in [0, 0.1) is 10.1 Å². The fraction of sp³-hybridized carbons (Fsp3) is 0.222. The van der Waals surface area contributed by atoms with Crippen LogP contribution in [0.25, 0.3) is 0 Å². The van der Waals surface area contributed by atoms with Gasteiger partial charge in [0.2, 0.25) is 5.75 Å². The van der Waals surface area contributed by atoms with Crippen molar-refractivity contribution in [3.05, 3.63) is 33.9 Å². The molecule has 0 saturated carbocycles. The molecule has 1 rings (SSSR count). The van der Waals surface area contributed by atoms with Crippen LogP contribution >= 0.6 is 0 Å². The molecule has 0 bridgehead atoms. The second-order valence-electron chi connectivity index (χ2n) is 3.24. The van der Waals surface area contributed by atoms with E-state index in [1.807, 2.05) is 0 Å². The van der Waals surface area contributed by atoms with E-state index >= 15 is 0 Å². The Labute approximate surface area is 103 Å². The lowest BCUT2D eigenvalue weighted by molar-refractivity contribution is -0.388. The van der Waals surface area contributed by atoms with Crippen LogP contribution in [0.4, 0.5) is 18.9 Å². The molecule has 7 nitrogen and oxygen atoms in total. The van der Waals surface area contributed by atoms with Gasteiger partial charge in [0.1, 0.15) is 0 Å². The van der Waals surface area contributed by atoms with Gasteiger partial charge in [0.05, 0.1) is 4.92 Å². The lowest BCUT2D eigenvalue weighted by atomic mass is 10.1. The zero-order valence-corrected chi connectivity index (χ0v) is 8.92. The normalized spacial score (nSPS) is 12.8. The van der Waals surface area contributed by atoms with Crippen molar-refractivity contribution in [2.45, 2.75) is 12.5 Å². The number of carboxylic acids is 1. The molecule has 0 fully saturated rings. The van der Waals surface area contributed by atoms with Gasteiger partial charge < -0.3 is 14.9 Å². The minimum absolute atomic E-state index is 0.694. The smallest absolute Gasteiger partial charge is 0.479 e. The molecule has 1 atom stereocenters. The van der Waals surface area contributed by atoms with Crippen molar-refractivity contribution in [1.29, 1.82) is 0 Å². The van der Waals surface area contributed by atoms with Crippen molar-refractivity contribution < 1.29 is 37.8 Å². The summed E-state index contributed by atoms with van der Waals surface area (Å²) in [5, 5.41) is 28.3. The molecule has 0 aliphatic rings.